The Bertz CT molecular complexity index is 415. The average molecular weight is 396 g/mol. The first-order valence-electron chi connectivity index (χ1n) is 12.4. The zero-order valence-electron chi connectivity index (χ0n) is 19.6. The molecule has 0 heterocycles. The molecule has 28 heavy (non-hydrogen) atoms. The second-order valence-electron chi connectivity index (χ2n) is 10.1. The van der Waals surface area contributed by atoms with Gasteiger partial charge in [-0.15, -0.1) is 0 Å². The summed E-state index contributed by atoms with van der Waals surface area (Å²) in [5, 5.41) is 12.2. The van der Waals surface area contributed by atoms with Crippen LogP contribution in [0.1, 0.15) is 123 Å². The molecule has 1 fully saturated rings. The number of carbonyl (C=O) groups is 1. The molecule has 3 nitrogen and oxygen atoms in total. The molecule has 0 radical (unpaired) electrons. The highest BCUT2D eigenvalue weighted by Gasteiger charge is 2.48. The monoisotopic (exact) mass is 395 g/mol. The molecule has 0 aliphatic heterocycles. The largest absolute Gasteiger partial charge is 0.544 e. The number of likely N-dealkylation sites (N-methyl/N-ethyl adjacent to an activating group) is 1. The number of carbonyl (C=O) groups excluding carboxylic acids is 1. The Balaban J connectivity index is 2.22. The van der Waals surface area contributed by atoms with Crippen molar-refractivity contribution in [2.75, 3.05) is 20.6 Å². The minimum absolute atomic E-state index is 0.263. The maximum atomic E-state index is 12.2. The van der Waals surface area contributed by atoms with Crippen molar-refractivity contribution in [3.63, 3.8) is 0 Å². The summed E-state index contributed by atoms with van der Waals surface area (Å²) < 4.78 is 0.567. The molecule has 0 amide bonds. The Morgan fingerprint density at radius 1 is 0.821 bits per heavy atom. The van der Waals surface area contributed by atoms with Crippen LogP contribution in [-0.2, 0) is 4.79 Å². The van der Waals surface area contributed by atoms with Crippen molar-refractivity contribution in [3.8, 4) is 0 Å². The highest BCUT2D eigenvalue weighted by Crippen LogP contribution is 2.39. The lowest BCUT2D eigenvalue weighted by molar-refractivity contribution is -0.937. The molecule has 0 N–H and O–H groups in total. The number of hydrogen-bond acceptors (Lipinski definition) is 2. The summed E-state index contributed by atoms with van der Waals surface area (Å²) in [6.45, 7) is 5.17. The van der Waals surface area contributed by atoms with Crippen LogP contribution in [0.4, 0.5) is 0 Å². The van der Waals surface area contributed by atoms with E-state index in [1.54, 1.807) is 0 Å². The predicted octanol–water partition coefficient (Wildman–Crippen LogP) is 5.85. The van der Waals surface area contributed by atoms with Gasteiger partial charge in [0.05, 0.1) is 20.6 Å². The normalized spacial score (nSPS) is 18.1. The standard InChI is InChI=1S/C25H49NO2/c1-5-6-7-8-9-10-11-12-13-14-15-19-22-26(3,4)25(2,24(27)28)23-20-17-16-18-21-23/h23H,5-22H2,1-4H3. The van der Waals surface area contributed by atoms with Crippen molar-refractivity contribution in [2.45, 2.75) is 129 Å². The third kappa shape index (κ3) is 8.05. The fourth-order valence-electron chi connectivity index (χ4n) is 5.15. The van der Waals surface area contributed by atoms with Crippen molar-refractivity contribution in [3.05, 3.63) is 0 Å². The molecule has 1 aliphatic rings. The minimum Gasteiger partial charge on any atom is -0.544 e. The van der Waals surface area contributed by atoms with Gasteiger partial charge in [0, 0.05) is 5.92 Å². The number of unbranched alkanes of at least 4 members (excludes halogenated alkanes) is 11. The number of carboxylic acid groups (broad SMARTS) is 1. The molecular formula is C25H49NO2. The van der Waals surface area contributed by atoms with Crippen molar-refractivity contribution in [2.24, 2.45) is 5.92 Å². The van der Waals surface area contributed by atoms with Gasteiger partial charge < -0.3 is 14.4 Å². The van der Waals surface area contributed by atoms with Crippen LogP contribution in [0.2, 0.25) is 0 Å². The number of rotatable bonds is 16. The van der Waals surface area contributed by atoms with E-state index in [1.165, 1.54) is 89.9 Å². The Labute approximate surface area is 175 Å². The van der Waals surface area contributed by atoms with E-state index in [4.69, 9.17) is 0 Å². The van der Waals surface area contributed by atoms with E-state index >= 15 is 0 Å². The highest BCUT2D eigenvalue weighted by molar-refractivity contribution is 5.75. The topological polar surface area (TPSA) is 40.1 Å². The van der Waals surface area contributed by atoms with Gasteiger partial charge in [-0.2, -0.15) is 0 Å². The summed E-state index contributed by atoms with van der Waals surface area (Å²) in [6.07, 6.45) is 21.8. The Hall–Kier alpha value is -0.570. The van der Waals surface area contributed by atoms with Crippen LogP contribution in [0.25, 0.3) is 0 Å². The summed E-state index contributed by atoms with van der Waals surface area (Å²) in [4.78, 5) is 12.2. The van der Waals surface area contributed by atoms with Gasteiger partial charge >= 0.3 is 0 Å². The van der Waals surface area contributed by atoms with Gasteiger partial charge in [0.2, 0.25) is 0 Å². The smallest absolute Gasteiger partial charge is 0.139 e. The van der Waals surface area contributed by atoms with Gasteiger partial charge in [-0.1, -0.05) is 90.4 Å². The second kappa shape index (κ2) is 13.6. The van der Waals surface area contributed by atoms with Gasteiger partial charge in [0.15, 0.2) is 0 Å². The van der Waals surface area contributed by atoms with Crippen LogP contribution >= 0.6 is 0 Å². The van der Waals surface area contributed by atoms with Crippen molar-refractivity contribution < 1.29 is 14.4 Å². The lowest BCUT2D eigenvalue weighted by Crippen LogP contribution is -2.70. The maximum absolute atomic E-state index is 12.2. The molecule has 0 saturated heterocycles. The van der Waals surface area contributed by atoms with E-state index in [1.807, 2.05) is 6.92 Å². The second-order valence-corrected chi connectivity index (χ2v) is 10.1. The van der Waals surface area contributed by atoms with Gasteiger partial charge in [-0.25, -0.2) is 0 Å². The van der Waals surface area contributed by atoms with Gasteiger partial charge in [0.25, 0.3) is 0 Å². The zero-order chi connectivity index (χ0) is 20.9. The summed E-state index contributed by atoms with van der Waals surface area (Å²) in [5.41, 5.74) is -0.752. The quantitative estimate of drug-likeness (QED) is 0.243. The van der Waals surface area contributed by atoms with E-state index in [0.717, 1.165) is 25.8 Å². The van der Waals surface area contributed by atoms with Gasteiger partial charge in [0.1, 0.15) is 11.5 Å². The molecule has 1 atom stereocenters. The van der Waals surface area contributed by atoms with E-state index in [0.29, 0.717) is 4.48 Å². The Morgan fingerprint density at radius 2 is 1.25 bits per heavy atom. The van der Waals surface area contributed by atoms with E-state index < -0.39 is 11.5 Å². The highest BCUT2D eigenvalue weighted by atomic mass is 16.4. The van der Waals surface area contributed by atoms with Crippen LogP contribution in [-0.4, -0.2) is 36.6 Å². The first-order valence-corrected chi connectivity index (χ1v) is 12.4. The number of carboxylic acids is 1. The average Bonchev–Trinajstić information content (AvgIpc) is 2.68. The van der Waals surface area contributed by atoms with Gasteiger partial charge in [-0.3, -0.25) is 0 Å². The van der Waals surface area contributed by atoms with Gasteiger partial charge in [-0.05, 0) is 32.6 Å². The van der Waals surface area contributed by atoms with Crippen LogP contribution in [0, 0.1) is 5.92 Å². The van der Waals surface area contributed by atoms with Crippen molar-refractivity contribution in [1.29, 1.82) is 0 Å². The zero-order valence-corrected chi connectivity index (χ0v) is 19.6. The molecule has 0 aromatic rings. The Kier molecular flexibility index (Phi) is 12.4. The van der Waals surface area contributed by atoms with Crippen molar-refractivity contribution in [1.82, 2.24) is 0 Å². The Morgan fingerprint density at radius 3 is 1.68 bits per heavy atom. The number of hydrogen-bond donors (Lipinski definition) is 0. The first kappa shape index (κ1) is 25.5. The number of aliphatic carboxylic acids is 1. The maximum Gasteiger partial charge on any atom is 0.139 e. The van der Waals surface area contributed by atoms with Crippen LogP contribution in [0.5, 0.6) is 0 Å². The van der Waals surface area contributed by atoms with E-state index in [2.05, 4.69) is 21.0 Å². The molecule has 0 aromatic carbocycles. The molecule has 1 aliphatic carbocycles. The molecule has 166 valence electrons. The third-order valence-electron chi connectivity index (χ3n) is 7.64. The predicted molar refractivity (Wildman–Crippen MR) is 118 cm³/mol. The van der Waals surface area contributed by atoms with Crippen LogP contribution < -0.4 is 5.11 Å². The molecule has 0 aromatic heterocycles. The number of nitrogens with zero attached hydrogens (tertiary/aromatic N) is 1. The molecule has 0 spiro atoms. The summed E-state index contributed by atoms with van der Waals surface area (Å²) in [6, 6.07) is 0. The number of quaternary nitrogens is 1. The minimum atomic E-state index is -0.844. The molecular weight excluding hydrogens is 346 g/mol. The molecule has 1 saturated carbocycles. The van der Waals surface area contributed by atoms with E-state index in [-0.39, 0.29) is 5.92 Å². The lowest BCUT2D eigenvalue weighted by Gasteiger charge is -2.52. The summed E-state index contributed by atoms with van der Waals surface area (Å²) in [7, 11) is 4.23. The van der Waals surface area contributed by atoms with Crippen LogP contribution in [0.15, 0.2) is 0 Å². The molecule has 1 unspecified atom stereocenters. The first-order chi connectivity index (χ1) is 13.4. The lowest BCUT2D eigenvalue weighted by atomic mass is 9.73. The summed E-state index contributed by atoms with van der Waals surface area (Å²) in [5.74, 6) is -0.582. The van der Waals surface area contributed by atoms with E-state index in [9.17, 15) is 9.90 Å². The molecule has 0 bridgehead atoms. The molecule has 1 rings (SSSR count). The van der Waals surface area contributed by atoms with Crippen molar-refractivity contribution >= 4 is 5.97 Å². The fraction of sp³-hybridized carbons (Fsp3) is 0.960. The molecule has 3 heteroatoms. The third-order valence-corrected chi connectivity index (χ3v) is 7.64. The fourth-order valence-corrected chi connectivity index (χ4v) is 5.15. The van der Waals surface area contributed by atoms with Crippen LogP contribution in [0.3, 0.4) is 0 Å². The SMILES string of the molecule is CCCCCCCCCCCCCC[N+](C)(C)C(C)(C(=O)[O-])C1CCCCC1. The summed E-state index contributed by atoms with van der Waals surface area (Å²) >= 11 is 0.